The first-order valence-electron chi connectivity index (χ1n) is 10.0. The number of nitrogens with zero attached hydrogens (tertiary/aromatic N) is 1. The van der Waals surface area contributed by atoms with Crippen molar-refractivity contribution < 1.29 is 26.4 Å². The van der Waals surface area contributed by atoms with Crippen LogP contribution in [-0.2, 0) is 14.6 Å². The number of pyridine rings is 1. The molecule has 0 radical (unpaired) electrons. The maximum Gasteiger partial charge on any atom is 0.257 e. The van der Waals surface area contributed by atoms with E-state index in [2.05, 4.69) is 26.2 Å². The third-order valence-electron chi connectivity index (χ3n) is 5.41. The molecule has 0 atom stereocenters. The Labute approximate surface area is 193 Å². The zero-order valence-corrected chi connectivity index (χ0v) is 19.9. The van der Waals surface area contributed by atoms with Crippen LogP contribution in [0.1, 0.15) is 43.2 Å². The summed E-state index contributed by atoms with van der Waals surface area (Å²) in [6.07, 6.45) is 7.82. The normalized spacial score (nSPS) is 15.6. The van der Waals surface area contributed by atoms with Gasteiger partial charge in [-0.3, -0.25) is 4.79 Å². The van der Waals surface area contributed by atoms with Gasteiger partial charge in [-0.15, -0.1) is 0 Å². The van der Waals surface area contributed by atoms with Crippen LogP contribution in [0.5, 0.6) is 0 Å². The van der Waals surface area contributed by atoms with Gasteiger partial charge < -0.3 is 5.32 Å². The third kappa shape index (κ3) is 5.23. The highest BCUT2D eigenvalue weighted by Gasteiger charge is 2.32. The molecule has 1 heterocycles. The van der Waals surface area contributed by atoms with E-state index in [1.54, 1.807) is 6.07 Å². The second-order valence-corrected chi connectivity index (χ2v) is 10.7. The van der Waals surface area contributed by atoms with Crippen LogP contribution in [0, 0.1) is 30.3 Å². The molecule has 2 aromatic rings. The van der Waals surface area contributed by atoms with Crippen molar-refractivity contribution in [2.24, 2.45) is 5.92 Å². The number of benzene rings is 1. The number of hydrogen-bond acceptors (Lipinski definition) is 4. The Morgan fingerprint density at radius 3 is 2.34 bits per heavy atom. The molecule has 1 aromatic carbocycles. The lowest BCUT2D eigenvalue weighted by Gasteiger charge is -2.21. The predicted molar refractivity (Wildman–Crippen MR) is 119 cm³/mol. The molecule has 32 heavy (non-hydrogen) atoms. The van der Waals surface area contributed by atoms with Gasteiger partial charge in [-0.1, -0.05) is 25.3 Å². The topological polar surface area (TPSA) is 76.1 Å². The van der Waals surface area contributed by atoms with Crippen molar-refractivity contribution in [3.8, 4) is 0 Å². The molecule has 5 nitrogen and oxygen atoms in total. The molecule has 1 aliphatic carbocycles. The molecule has 3 rings (SSSR count). The Morgan fingerprint density at radius 2 is 1.78 bits per heavy atom. The average molecular weight is 531 g/mol. The van der Waals surface area contributed by atoms with E-state index in [4.69, 9.17) is 0 Å². The first-order chi connectivity index (χ1) is 15.0. The third-order valence-corrected chi connectivity index (χ3v) is 7.10. The molecule has 1 saturated carbocycles. The van der Waals surface area contributed by atoms with Gasteiger partial charge in [0.2, 0.25) is 0 Å². The van der Waals surface area contributed by atoms with Crippen LogP contribution in [0.4, 0.5) is 19.0 Å². The van der Waals surface area contributed by atoms with Gasteiger partial charge in [0.25, 0.3) is 5.91 Å². The second-order valence-electron chi connectivity index (χ2n) is 7.84. The average Bonchev–Trinajstić information content (AvgIpc) is 2.73. The summed E-state index contributed by atoms with van der Waals surface area (Å²) >= 11 is 3.22. The number of halogens is 4. The fourth-order valence-corrected chi connectivity index (χ4v) is 5.17. The predicted octanol–water partition coefficient (Wildman–Crippen LogP) is 5.58. The quantitative estimate of drug-likeness (QED) is 0.404. The number of carbonyl (C=O) groups is 1. The fraction of sp³-hybridized carbons (Fsp3) is 0.364. The Kier molecular flexibility index (Phi) is 7.44. The van der Waals surface area contributed by atoms with E-state index in [9.17, 15) is 17.6 Å². The molecule has 1 amide bonds. The summed E-state index contributed by atoms with van der Waals surface area (Å²) in [7, 11) is -4.24. The molecule has 1 fully saturated rings. The van der Waals surface area contributed by atoms with Crippen LogP contribution in [-0.4, -0.2) is 25.6 Å². The molecule has 1 aromatic heterocycles. The van der Waals surface area contributed by atoms with Crippen molar-refractivity contribution in [3.05, 3.63) is 57.5 Å². The Hall–Kier alpha value is -2.20. The largest absolute Gasteiger partial charge is 0.307 e. The van der Waals surface area contributed by atoms with Crippen LogP contribution in [0.25, 0.3) is 5.57 Å². The van der Waals surface area contributed by atoms with Crippen LogP contribution >= 0.6 is 15.9 Å². The van der Waals surface area contributed by atoms with E-state index < -0.39 is 54.8 Å². The highest BCUT2D eigenvalue weighted by molar-refractivity contribution is 9.10. The van der Waals surface area contributed by atoms with Gasteiger partial charge in [0.1, 0.15) is 16.5 Å². The van der Waals surface area contributed by atoms with Crippen molar-refractivity contribution in [3.63, 3.8) is 0 Å². The minimum atomic E-state index is -4.24. The zero-order valence-electron chi connectivity index (χ0n) is 17.5. The van der Waals surface area contributed by atoms with E-state index in [0.29, 0.717) is 10.7 Å². The number of amides is 1. The Bertz CT molecular complexity index is 1150. The van der Waals surface area contributed by atoms with Crippen LogP contribution < -0.4 is 5.32 Å². The van der Waals surface area contributed by atoms with Crippen molar-refractivity contribution in [2.75, 3.05) is 11.6 Å². The van der Waals surface area contributed by atoms with Gasteiger partial charge in [0.05, 0.1) is 5.56 Å². The first-order valence-corrected chi connectivity index (χ1v) is 12.7. The lowest BCUT2D eigenvalue weighted by atomic mass is 9.86. The lowest BCUT2D eigenvalue weighted by molar-refractivity contribution is -0.111. The first kappa shape index (κ1) is 24.4. The Morgan fingerprint density at radius 1 is 1.12 bits per heavy atom. The number of aromatic nitrogens is 1. The van der Waals surface area contributed by atoms with Gasteiger partial charge in [-0.05, 0) is 53.7 Å². The lowest BCUT2D eigenvalue weighted by Crippen LogP contribution is -2.20. The summed E-state index contributed by atoms with van der Waals surface area (Å²) in [5, 5.41) is 2.48. The Balaban J connectivity index is 2.16. The number of carbonyl (C=O) groups excluding carboxylic acids is 1. The second kappa shape index (κ2) is 9.74. The number of allylic oxidation sites excluding steroid dienone is 1. The van der Waals surface area contributed by atoms with E-state index >= 15 is 8.78 Å². The molecule has 10 heteroatoms. The van der Waals surface area contributed by atoms with E-state index in [-0.39, 0.29) is 11.7 Å². The van der Waals surface area contributed by atoms with Gasteiger partial charge in [0.15, 0.2) is 21.5 Å². The molecular formula is C22H22BrF3N2O3S. The molecule has 1 N–H and O–H groups in total. The summed E-state index contributed by atoms with van der Waals surface area (Å²) in [5.41, 5.74) is -1.85. The van der Waals surface area contributed by atoms with Crippen LogP contribution in [0.2, 0.25) is 0 Å². The molecule has 0 unspecified atom stereocenters. The molecule has 0 saturated heterocycles. The van der Waals surface area contributed by atoms with E-state index in [0.717, 1.165) is 39.0 Å². The monoisotopic (exact) mass is 530 g/mol. The summed E-state index contributed by atoms with van der Waals surface area (Å²) in [4.78, 5) is 16.0. The summed E-state index contributed by atoms with van der Waals surface area (Å²) in [6, 6.07) is 3.12. The van der Waals surface area contributed by atoms with Crippen LogP contribution in [0.3, 0.4) is 0 Å². The highest BCUT2D eigenvalue weighted by atomic mass is 79.9. The standard InChI is InChI=1S/C22H22BrF3N2O3S/c1-12-18(24)17(19(25)20(26)21(12)32(2,30)31)15(10-13-6-4-3-5-7-13)22(29)28-16-9-8-14(23)11-27-16/h8-11,13H,3-7H2,1-2H3,(H,27,28,29). The maximum absolute atomic E-state index is 15.3. The highest BCUT2D eigenvalue weighted by Crippen LogP contribution is 2.35. The van der Waals surface area contributed by atoms with Crippen molar-refractivity contribution >= 4 is 43.1 Å². The molecule has 0 aliphatic heterocycles. The SMILES string of the molecule is Cc1c(F)c(C(=CC2CCCCC2)C(=O)Nc2ccc(Br)cn2)c(F)c(F)c1S(C)(=O)=O. The smallest absolute Gasteiger partial charge is 0.257 e. The van der Waals surface area contributed by atoms with Gasteiger partial charge >= 0.3 is 0 Å². The number of sulfone groups is 1. The molecule has 1 aliphatic rings. The maximum atomic E-state index is 15.3. The zero-order chi connectivity index (χ0) is 23.6. The molecule has 0 bridgehead atoms. The fourth-order valence-electron chi connectivity index (χ4n) is 3.88. The van der Waals surface area contributed by atoms with Gasteiger partial charge in [-0.25, -0.2) is 26.6 Å². The molecule has 0 spiro atoms. The van der Waals surface area contributed by atoms with E-state index in [1.807, 2.05) is 0 Å². The van der Waals surface area contributed by atoms with Crippen molar-refractivity contribution in [1.29, 1.82) is 0 Å². The minimum Gasteiger partial charge on any atom is -0.307 e. The minimum absolute atomic E-state index is 0.126. The van der Waals surface area contributed by atoms with Crippen molar-refractivity contribution in [2.45, 2.75) is 43.9 Å². The number of nitrogens with one attached hydrogen (secondary N) is 1. The number of rotatable bonds is 5. The number of hydrogen-bond donors (Lipinski definition) is 1. The van der Waals surface area contributed by atoms with Crippen LogP contribution in [0.15, 0.2) is 33.8 Å². The van der Waals surface area contributed by atoms with Gasteiger partial charge in [0, 0.05) is 28.1 Å². The number of anilines is 1. The molecular weight excluding hydrogens is 509 g/mol. The van der Waals surface area contributed by atoms with E-state index in [1.165, 1.54) is 18.3 Å². The summed E-state index contributed by atoms with van der Waals surface area (Å²) in [5.74, 6) is -5.56. The summed E-state index contributed by atoms with van der Waals surface area (Å²) < 4.78 is 69.6. The van der Waals surface area contributed by atoms with Crippen molar-refractivity contribution in [1.82, 2.24) is 4.98 Å². The summed E-state index contributed by atoms with van der Waals surface area (Å²) in [6.45, 7) is 1.05. The molecule has 172 valence electrons. The van der Waals surface area contributed by atoms with Gasteiger partial charge in [-0.2, -0.15) is 0 Å².